The van der Waals surface area contributed by atoms with E-state index >= 15 is 0 Å². The van der Waals surface area contributed by atoms with Gasteiger partial charge in [0.15, 0.2) is 0 Å². The van der Waals surface area contributed by atoms with Gasteiger partial charge in [-0.3, -0.25) is 9.52 Å². The molecular weight excluding hydrogens is 424 g/mol. The molecule has 8 nitrogen and oxygen atoms in total. The van der Waals surface area contributed by atoms with Crippen molar-refractivity contribution in [1.29, 1.82) is 0 Å². The lowest BCUT2D eigenvalue weighted by molar-refractivity contribution is -0.140. The summed E-state index contributed by atoms with van der Waals surface area (Å²) in [5, 5.41) is 10.8. The fourth-order valence-electron chi connectivity index (χ4n) is 5.85. The van der Waals surface area contributed by atoms with Gasteiger partial charge in [-0.25, -0.2) is 0 Å². The lowest BCUT2D eigenvalue weighted by atomic mass is 9.49. The number of hydrogen-bond acceptors (Lipinski definition) is 7. The quantitative estimate of drug-likeness (QED) is 0.655. The molecule has 4 saturated carbocycles. The van der Waals surface area contributed by atoms with Crippen molar-refractivity contribution >= 4 is 38.1 Å². The molecule has 10 heteroatoms. The van der Waals surface area contributed by atoms with E-state index in [0.717, 1.165) is 30.6 Å². The number of hydrogen-bond donors (Lipinski definition) is 2. The van der Waals surface area contributed by atoms with E-state index in [4.69, 9.17) is 4.74 Å². The molecule has 0 spiro atoms. The summed E-state index contributed by atoms with van der Waals surface area (Å²) in [6.45, 7) is 0. The second kappa shape index (κ2) is 7.19. The number of ether oxygens (including phenoxy) is 1. The number of carbonyl (C=O) groups is 1. The SMILES string of the molecule is COc1ccc(NS(=O)(=O)c2nnc(NC(=O)C34CC5CC(CC(C5)C3)C4)s2)cc1. The van der Waals surface area contributed by atoms with E-state index in [2.05, 4.69) is 20.2 Å². The molecule has 0 saturated heterocycles. The van der Waals surface area contributed by atoms with Crippen molar-refractivity contribution in [2.75, 3.05) is 17.1 Å². The third kappa shape index (κ3) is 3.56. The van der Waals surface area contributed by atoms with Gasteiger partial charge in [0.1, 0.15) is 5.75 Å². The Balaban J connectivity index is 1.28. The first-order chi connectivity index (χ1) is 14.3. The van der Waals surface area contributed by atoms with E-state index in [1.54, 1.807) is 31.4 Å². The number of nitrogens with zero attached hydrogens (tertiary/aromatic N) is 2. The van der Waals surface area contributed by atoms with E-state index in [1.165, 1.54) is 19.3 Å². The van der Waals surface area contributed by atoms with Crippen LogP contribution in [0.2, 0.25) is 0 Å². The minimum atomic E-state index is -3.89. The molecule has 1 aromatic carbocycles. The lowest BCUT2D eigenvalue weighted by Crippen LogP contribution is -2.51. The number of rotatable bonds is 6. The first-order valence-corrected chi connectivity index (χ1v) is 12.5. The zero-order chi connectivity index (χ0) is 20.9. The van der Waals surface area contributed by atoms with Crippen molar-refractivity contribution in [2.45, 2.75) is 42.9 Å². The van der Waals surface area contributed by atoms with Gasteiger partial charge in [-0.05, 0) is 80.5 Å². The highest BCUT2D eigenvalue weighted by atomic mass is 32.2. The summed E-state index contributed by atoms with van der Waals surface area (Å²) >= 11 is 0.870. The third-order valence-electron chi connectivity index (χ3n) is 6.72. The zero-order valence-corrected chi connectivity index (χ0v) is 18.3. The molecule has 0 aliphatic heterocycles. The maximum atomic E-state index is 13.1. The van der Waals surface area contributed by atoms with E-state index in [1.807, 2.05) is 0 Å². The van der Waals surface area contributed by atoms with Crippen molar-refractivity contribution in [3.63, 3.8) is 0 Å². The standard InChI is InChI=1S/C20H24N4O4S2/c1-28-16-4-2-15(3-5-16)24-30(26,27)19-23-22-18(29-19)21-17(25)20-9-12-6-13(10-20)8-14(7-12)11-20/h2-5,12-14,24H,6-11H2,1H3,(H,21,22,25). The Hall–Kier alpha value is -2.20. The molecule has 4 bridgehead atoms. The van der Waals surface area contributed by atoms with Gasteiger partial charge in [0.2, 0.25) is 11.0 Å². The Morgan fingerprint density at radius 3 is 2.23 bits per heavy atom. The van der Waals surface area contributed by atoms with Gasteiger partial charge in [0.05, 0.1) is 12.5 Å². The fourth-order valence-corrected chi connectivity index (χ4v) is 7.80. The van der Waals surface area contributed by atoms with Gasteiger partial charge in [-0.15, -0.1) is 10.2 Å². The molecule has 0 radical (unpaired) electrons. The first kappa shape index (κ1) is 19.7. The summed E-state index contributed by atoms with van der Waals surface area (Å²) in [6, 6.07) is 6.53. The Kier molecular flexibility index (Phi) is 4.73. The normalized spacial score (nSPS) is 29.6. The summed E-state index contributed by atoms with van der Waals surface area (Å²) in [6.07, 6.45) is 6.58. The summed E-state index contributed by atoms with van der Waals surface area (Å²) in [5.41, 5.74) is 0.0750. The van der Waals surface area contributed by atoms with Crippen LogP contribution in [0.3, 0.4) is 0 Å². The molecule has 1 aromatic heterocycles. The number of anilines is 2. The Labute approximate surface area is 179 Å². The van der Waals surface area contributed by atoms with Gasteiger partial charge in [-0.1, -0.05) is 11.3 Å². The summed E-state index contributed by atoms with van der Waals surface area (Å²) in [4.78, 5) is 13.1. The zero-order valence-electron chi connectivity index (χ0n) is 16.6. The smallest absolute Gasteiger partial charge is 0.291 e. The number of nitrogens with one attached hydrogen (secondary N) is 2. The van der Waals surface area contributed by atoms with Gasteiger partial charge < -0.3 is 10.1 Å². The van der Waals surface area contributed by atoms with Gasteiger partial charge >= 0.3 is 0 Å². The molecule has 4 aliphatic rings. The van der Waals surface area contributed by atoms with Gasteiger partial charge in [0.25, 0.3) is 14.4 Å². The summed E-state index contributed by atoms with van der Waals surface area (Å²) in [7, 11) is -2.35. The monoisotopic (exact) mass is 448 g/mol. The molecule has 4 aliphatic carbocycles. The first-order valence-electron chi connectivity index (χ1n) is 10.2. The third-order valence-corrected chi connectivity index (χ3v) is 9.31. The van der Waals surface area contributed by atoms with Crippen LogP contribution < -0.4 is 14.8 Å². The maximum absolute atomic E-state index is 13.1. The van der Waals surface area contributed by atoms with Crippen molar-refractivity contribution in [3.8, 4) is 5.75 Å². The minimum absolute atomic E-state index is 0.0233. The maximum Gasteiger partial charge on any atom is 0.291 e. The summed E-state index contributed by atoms with van der Waals surface area (Å²) < 4.78 is 32.6. The fraction of sp³-hybridized carbons (Fsp3) is 0.550. The molecule has 2 N–H and O–H groups in total. The van der Waals surface area contributed by atoms with E-state index in [0.29, 0.717) is 29.2 Å². The van der Waals surface area contributed by atoms with Crippen LogP contribution in [0.15, 0.2) is 28.6 Å². The van der Waals surface area contributed by atoms with Crippen LogP contribution >= 0.6 is 11.3 Å². The molecule has 1 amide bonds. The highest BCUT2D eigenvalue weighted by molar-refractivity contribution is 7.94. The number of aromatic nitrogens is 2. The van der Waals surface area contributed by atoms with Crippen LogP contribution in [0.4, 0.5) is 10.8 Å². The topological polar surface area (TPSA) is 110 Å². The minimum Gasteiger partial charge on any atom is -0.497 e. The van der Waals surface area contributed by atoms with Crippen LogP contribution in [-0.4, -0.2) is 31.6 Å². The van der Waals surface area contributed by atoms with Crippen LogP contribution in [0.5, 0.6) is 5.75 Å². The van der Waals surface area contributed by atoms with E-state index in [9.17, 15) is 13.2 Å². The largest absolute Gasteiger partial charge is 0.497 e. The second-order valence-corrected chi connectivity index (χ2v) is 11.7. The number of sulfonamides is 1. The molecule has 30 heavy (non-hydrogen) atoms. The molecule has 4 fully saturated rings. The molecule has 0 atom stereocenters. The Morgan fingerprint density at radius 1 is 1.07 bits per heavy atom. The van der Waals surface area contributed by atoms with Gasteiger partial charge in [0, 0.05) is 5.69 Å². The van der Waals surface area contributed by atoms with E-state index in [-0.39, 0.29) is 20.8 Å². The lowest BCUT2D eigenvalue weighted by Gasteiger charge is -2.55. The molecular formula is C20H24N4O4S2. The van der Waals surface area contributed by atoms with Crippen LogP contribution in [0.25, 0.3) is 0 Å². The Bertz CT molecular complexity index is 1030. The predicted octanol–water partition coefficient (Wildman–Crippen LogP) is 3.50. The number of methoxy groups -OCH3 is 1. The Morgan fingerprint density at radius 2 is 1.67 bits per heavy atom. The van der Waals surface area contributed by atoms with Crippen molar-refractivity contribution < 1.29 is 17.9 Å². The van der Waals surface area contributed by atoms with Crippen LogP contribution in [-0.2, 0) is 14.8 Å². The van der Waals surface area contributed by atoms with Crippen molar-refractivity contribution in [1.82, 2.24) is 10.2 Å². The van der Waals surface area contributed by atoms with Crippen LogP contribution in [0, 0.1) is 23.2 Å². The average Bonchev–Trinajstić information content (AvgIpc) is 3.17. The van der Waals surface area contributed by atoms with Gasteiger partial charge in [-0.2, -0.15) is 8.42 Å². The van der Waals surface area contributed by atoms with E-state index < -0.39 is 10.0 Å². The second-order valence-electron chi connectivity index (χ2n) is 8.86. The molecule has 6 rings (SSSR count). The van der Waals surface area contributed by atoms with Crippen LogP contribution in [0.1, 0.15) is 38.5 Å². The molecule has 2 aromatic rings. The highest BCUT2D eigenvalue weighted by Gasteiger charge is 2.54. The predicted molar refractivity (Wildman–Crippen MR) is 113 cm³/mol. The molecule has 160 valence electrons. The molecule has 1 heterocycles. The highest BCUT2D eigenvalue weighted by Crippen LogP contribution is 2.60. The van der Waals surface area contributed by atoms with Crippen molar-refractivity contribution in [3.05, 3.63) is 24.3 Å². The number of benzene rings is 1. The molecule has 0 unspecified atom stereocenters. The number of carbonyl (C=O) groups excluding carboxylic acids is 1. The van der Waals surface area contributed by atoms with Crippen molar-refractivity contribution in [2.24, 2.45) is 23.2 Å². The summed E-state index contributed by atoms with van der Waals surface area (Å²) in [5.74, 6) is 2.57. The average molecular weight is 449 g/mol. The number of amides is 1.